The number of ether oxygens (including phenoxy) is 1. The monoisotopic (exact) mass is 186 g/mol. The molecule has 0 aliphatic rings. The highest BCUT2D eigenvalue weighted by Crippen LogP contribution is 1.91. The lowest BCUT2D eigenvalue weighted by molar-refractivity contribution is 0.153. The first-order valence-electron chi connectivity index (χ1n) is 4.82. The van der Waals surface area contributed by atoms with Gasteiger partial charge in [0.05, 0.1) is 6.61 Å². The minimum Gasteiger partial charge on any atom is -0.383 e. The summed E-state index contributed by atoms with van der Waals surface area (Å²) in [6.07, 6.45) is 3.11. The number of rotatable bonds is 9. The Morgan fingerprint density at radius 3 is 2.77 bits per heavy atom. The van der Waals surface area contributed by atoms with Gasteiger partial charge in [-0.15, -0.1) is 6.58 Å². The average molecular weight is 186 g/mol. The van der Waals surface area contributed by atoms with Crippen LogP contribution in [0.4, 0.5) is 0 Å². The van der Waals surface area contributed by atoms with Crippen molar-refractivity contribution in [2.45, 2.75) is 6.42 Å². The lowest BCUT2D eigenvalue weighted by atomic mass is 10.3. The molecule has 0 atom stereocenters. The zero-order chi connectivity index (χ0) is 9.94. The zero-order valence-corrected chi connectivity index (χ0v) is 8.88. The second-order valence-corrected chi connectivity index (χ2v) is 3.04. The fourth-order valence-electron chi connectivity index (χ4n) is 1.18. The van der Waals surface area contributed by atoms with E-state index in [0.29, 0.717) is 0 Å². The molecule has 0 aromatic carbocycles. The maximum absolute atomic E-state index is 5.03. The smallest absolute Gasteiger partial charge is 0.0589 e. The Hall–Kier alpha value is -0.380. The van der Waals surface area contributed by atoms with E-state index in [-0.39, 0.29) is 0 Å². The minimum absolute atomic E-state index is 0.799. The van der Waals surface area contributed by atoms with Crippen molar-refractivity contribution in [2.24, 2.45) is 0 Å². The van der Waals surface area contributed by atoms with E-state index in [1.807, 2.05) is 13.1 Å². The van der Waals surface area contributed by atoms with Gasteiger partial charge < -0.3 is 10.1 Å². The van der Waals surface area contributed by atoms with Gasteiger partial charge in [0.1, 0.15) is 0 Å². The van der Waals surface area contributed by atoms with Crippen LogP contribution < -0.4 is 5.32 Å². The normalized spacial score (nSPS) is 10.7. The Morgan fingerprint density at radius 2 is 2.23 bits per heavy atom. The third-order valence-electron chi connectivity index (χ3n) is 1.90. The molecule has 0 saturated carbocycles. The highest BCUT2D eigenvalue weighted by Gasteiger charge is 2.00. The van der Waals surface area contributed by atoms with Crippen molar-refractivity contribution in [1.29, 1.82) is 0 Å². The van der Waals surface area contributed by atoms with Crippen LogP contribution in [0, 0.1) is 0 Å². The van der Waals surface area contributed by atoms with E-state index in [1.165, 1.54) is 6.42 Å². The van der Waals surface area contributed by atoms with Gasteiger partial charge in [-0.2, -0.15) is 0 Å². The molecule has 0 bridgehead atoms. The SMILES string of the molecule is C=CCN(CCCNC)CCOC. The number of hydrogen-bond donors (Lipinski definition) is 1. The van der Waals surface area contributed by atoms with Crippen molar-refractivity contribution < 1.29 is 4.74 Å². The van der Waals surface area contributed by atoms with E-state index < -0.39 is 0 Å². The van der Waals surface area contributed by atoms with Crippen molar-refractivity contribution in [3.8, 4) is 0 Å². The highest BCUT2D eigenvalue weighted by molar-refractivity contribution is 4.73. The molecule has 0 aromatic rings. The molecule has 3 nitrogen and oxygen atoms in total. The molecule has 0 spiro atoms. The van der Waals surface area contributed by atoms with Crippen molar-refractivity contribution in [2.75, 3.05) is 46.9 Å². The number of nitrogens with one attached hydrogen (secondary N) is 1. The molecule has 0 aliphatic heterocycles. The molecule has 0 amide bonds. The van der Waals surface area contributed by atoms with Crippen LogP contribution in [0.3, 0.4) is 0 Å². The molecule has 0 heterocycles. The fourth-order valence-corrected chi connectivity index (χ4v) is 1.18. The van der Waals surface area contributed by atoms with Gasteiger partial charge in [-0.25, -0.2) is 0 Å². The Kier molecular flexibility index (Phi) is 9.42. The van der Waals surface area contributed by atoms with Crippen molar-refractivity contribution in [1.82, 2.24) is 10.2 Å². The van der Waals surface area contributed by atoms with Gasteiger partial charge >= 0.3 is 0 Å². The molecule has 0 unspecified atom stereocenters. The maximum Gasteiger partial charge on any atom is 0.0589 e. The summed E-state index contributed by atoms with van der Waals surface area (Å²) < 4.78 is 5.03. The van der Waals surface area contributed by atoms with Crippen LogP contribution in [0.25, 0.3) is 0 Å². The van der Waals surface area contributed by atoms with Crippen LogP contribution in [0.2, 0.25) is 0 Å². The van der Waals surface area contributed by atoms with Crippen LogP contribution >= 0.6 is 0 Å². The topological polar surface area (TPSA) is 24.5 Å². The Bertz CT molecular complexity index is 117. The van der Waals surface area contributed by atoms with Crippen LogP contribution in [-0.4, -0.2) is 51.8 Å². The molecule has 0 rings (SSSR count). The van der Waals surface area contributed by atoms with Crippen molar-refractivity contribution in [3.63, 3.8) is 0 Å². The Balaban J connectivity index is 3.47. The van der Waals surface area contributed by atoms with E-state index >= 15 is 0 Å². The predicted octanol–water partition coefficient (Wildman–Crippen LogP) is 0.730. The molecule has 1 N–H and O–H groups in total. The summed E-state index contributed by atoms with van der Waals surface area (Å²) in [6, 6.07) is 0. The van der Waals surface area contributed by atoms with E-state index in [9.17, 15) is 0 Å². The van der Waals surface area contributed by atoms with E-state index in [4.69, 9.17) is 4.74 Å². The zero-order valence-electron chi connectivity index (χ0n) is 8.88. The largest absolute Gasteiger partial charge is 0.383 e. The van der Waals surface area contributed by atoms with E-state index in [2.05, 4.69) is 16.8 Å². The van der Waals surface area contributed by atoms with Crippen LogP contribution in [-0.2, 0) is 4.74 Å². The second-order valence-electron chi connectivity index (χ2n) is 3.04. The molecular weight excluding hydrogens is 164 g/mol. The molecule has 13 heavy (non-hydrogen) atoms. The van der Waals surface area contributed by atoms with Gasteiger partial charge in [0.2, 0.25) is 0 Å². The van der Waals surface area contributed by atoms with Crippen LogP contribution in [0.1, 0.15) is 6.42 Å². The number of hydrogen-bond acceptors (Lipinski definition) is 3. The third-order valence-corrected chi connectivity index (χ3v) is 1.90. The Morgan fingerprint density at radius 1 is 1.46 bits per heavy atom. The molecule has 0 radical (unpaired) electrons. The molecule has 0 aromatic heterocycles. The second kappa shape index (κ2) is 9.71. The summed E-state index contributed by atoms with van der Waals surface area (Å²) in [5.41, 5.74) is 0. The summed E-state index contributed by atoms with van der Waals surface area (Å²) >= 11 is 0. The molecule has 0 aliphatic carbocycles. The van der Waals surface area contributed by atoms with Crippen molar-refractivity contribution in [3.05, 3.63) is 12.7 Å². The molecule has 0 saturated heterocycles. The van der Waals surface area contributed by atoms with Gasteiger partial charge in [-0.05, 0) is 26.6 Å². The summed E-state index contributed by atoms with van der Waals surface area (Å²) in [4.78, 5) is 2.34. The van der Waals surface area contributed by atoms with Gasteiger partial charge in [-0.1, -0.05) is 6.08 Å². The first-order valence-corrected chi connectivity index (χ1v) is 4.82. The standard InChI is InChI=1S/C10H22N2O/c1-4-7-12(9-10-13-3)8-5-6-11-2/h4,11H,1,5-10H2,2-3H3. The minimum atomic E-state index is 0.799. The third kappa shape index (κ3) is 7.96. The summed E-state index contributed by atoms with van der Waals surface area (Å²) in [5.74, 6) is 0. The van der Waals surface area contributed by atoms with Gasteiger partial charge in [0, 0.05) is 20.2 Å². The molecule has 78 valence electrons. The summed E-state index contributed by atoms with van der Waals surface area (Å²) in [7, 11) is 3.71. The van der Waals surface area contributed by atoms with E-state index in [1.54, 1.807) is 7.11 Å². The average Bonchev–Trinajstić information content (AvgIpc) is 2.14. The maximum atomic E-state index is 5.03. The number of nitrogens with zero attached hydrogens (tertiary/aromatic N) is 1. The van der Waals surface area contributed by atoms with Gasteiger partial charge in [0.25, 0.3) is 0 Å². The molecule has 3 heteroatoms. The predicted molar refractivity (Wildman–Crippen MR) is 57.1 cm³/mol. The highest BCUT2D eigenvalue weighted by atomic mass is 16.5. The first kappa shape index (κ1) is 12.6. The van der Waals surface area contributed by atoms with Gasteiger partial charge in [0.15, 0.2) is 0 Å². The van der Waals surface area contributed by atoms with Crippen LogP contribution in [0.5, 0.6) is 0 Å². The van der Waals surface area contributed by atoms with Crippen molar-refractivity contribution >= 4 is 0 Å². The lowest BCUT2D eigenvalue weighted by Crippen LogP contribution is -2.30. The van der Waals surface area contributed by atoms with Crippen LogP contribution in [0.15, 0.2) is 12.7 Å². The molecular formula is C10H22N2O. The van der Waals surface area contributed by atoms with E-state index in [0.717, 1.165) is 32.8 Å². The quantitative estimate of drug-likeness (QED) is 0.424. The first-order chi connectivity index (χ1) is 6.35. The summed E-state index contributed by atoms with van der Waals surface area (Å²) in [6.45, 7) is 8.66. The fraction of sp³-hybridized carbons (Fsp3) is 0.800. The lowest BCUT2D eigenvalue weighted by Gasteiger charge is -2.19. The Labute approximate surface area is 81.8 Å². The summed E-state index contributed by atoms with van der Waals surface area (Å²) in [5, 5.41) is 3.14. The molecule has 0 fully saturated rings. The van der Waals surface area contributed by atoms with Gasteiger partial charge in [-0.3, -0.25) is 4.90 Å². The number of methoxy groups -OCH3 is 1.